The molecule has 1 atom stereocenters. The third-order valence-corrected chi connectivity index (χ3v) is 7.98. The second-order valence-electron chi connectivity index (χ2n) is 9.92. The number of rotatable bonds is 5. The molecule has 1 aromatic heterocycles. The molecule has 1 heterocycles. The van der Waals surface area contributed by atoms with Gasteiger partial charge < -0.3 is 5.32 Å². The van der Waals surface area contributed by atoms with Crippen LogP contribution in [0.1, 0.15) is 79.2 Å². The molecule has 1 saturated carbocycles. The summed E-state index contributed by atoms with van der Waals surface area (Å²) in [5, 5.41) is 9.07. The number of hydrogen-bond acceptors (Lipinski definition) is 2. The maximum Gasteiger partial charge on any atom is 0.272 e. The van der Waals surface area contributed by atoms with E-state index in [1.165, 1.54) is 31.4 Å². The third-order valence-electron chi connectivity index (χ3n) is 7.44. The first kappa shape index (κ1) is 25.0. The van der Waals surface area contributed by atoms with Crippen LogP contribution >= 0.6 is 23.2 Å². The molecular formula is C29H30Cl2FN3O. The Labute approximate surface area is 221 Å². The van der Waals surface area contributed by atoms with Crippen LogP contribution in [0.2, 0.25) is 10.0 Å². The average Bonchev–Trinajstić information content (AvgIpc) is 3.26. The van der Waals surface area contributed by atoms with Crippen LogP contribution in [0.4, 0.5) is 4.39 Å². The number of halogens is 3. The predicted molar refractivity (Wildman–Crippen MR) is 144 cm³/mol. The Morgan fingerprint density at radius 2 is 1.83 bits per heavy atom. The standard InChI is InChI=1S/C29H30Cl2FN3O/c1-18(20-6-3-2-4-7-20)33-29(36)27-24-9-5-8-21(16-19-10-13-23(32)14-11-19)28(24)35(34-27)26-15-12-22(30)17-25(26)31/h10-18,20H,2-9H2,1H3,(H,33,36)/t18-/m1/s1. The highest BCUT2D eigenvalue weighted by Crippen LogP contribution is 2.38. The average molecular weight is 526 g/mol. The molecule has 3 aromatic rings. The van der Waals surface area contributed by atoms with E-state index in [-0.39, 0.29) is 17.8 Å². The van der Waals surface area contributed by atoms with Crippen LogP contribution in [-0.2, 0) is 6.42 Å². The van der Waals surface area contributed by atoms with E-state index in [1.54, 1.807) is 28.9 Å². The minimum atomic E-state index is -0.273. The van der Waals surface area contributed by atoms with Crippen molar-refractivity contribution in [1.29, 1.82) is 0 Å². The minimum Gasteiger partial charge on any atom is -0.348 e. The van der Waals surface area contributed by atoms with E-state index in [9.17, 15) is 9.18 Å². The van der Waals surface area contributed by atoms with E-state index < -0.39 is 0 Å². The molecule has 0 bridgehead atoms. The number of aromatic nitrogens is 2. The van der Waals surface area contributed by atoms with Crippen LogP contribution < -0.4 is 5.32 Å². The summed E-state index contributed by atoms with van der Waals surface area (Å²) in [7, 11) is 0. The zero-order chi connectivity index (χ0) is 25.2. The van der Waals surface area contributed by atoms with Crippen LogP contribution in [0.25, 0.3) is 17.3 Å². The van der Waals surface area contributed by atoms with Gasteiger partial charge in [0.1, 0.15) is 5.82 Å². The van der Waals surface area contributed by atoms with Gasteiger partial charge in [0.25, 0.3) is 5.91 Å². The van der Waals surface area contributed by atoms with Crippen molar-refractivity contribution < 1.29 is 9.18 Å². The fourth-order valence-electron chi connectivity index (χ4n) is 5.53. The molecule has 0 spiro atoms. The number of nitrogens with one attached hydrogen (secondary N) is 1. The summed E-state index contributed by atoms with van der Waals surface area (Å²) in [5.41, 5.74) is 4.86. The van der Waals surface area contributed by atoms with Gasteiger partial charge >= 0.3 is 0 Å². The van der Waals surface area contributed by atoms with Crippen LogP contribution in [-0.4, -0.2) is 21.7 Å². The fourth-order valence-corrected chi connectivity index (χ4v) is 6.02. The van der Waals surface area contributed by atoms with E-state index in [0.717, 1.165) is 54.5 Å². The van der Waals surface area contributed by atoms with Gasteiger partial charge in [0, 0.05) is 16.6 Å². The molecular weight excluding hydrogens is 496 g/mol. The highest BCUT2D eigenvalue weighted by Gasteiger charge is 2.30. The molecule has 1 N–H and O–H groups in total. The monoisotopic (exact) mass is 525 g/mol. The lowest BCUT2D eigenvalue weighted by Gasteiger charge is -2.28. The highest BCUT2D eigenvalue weighted by atomic mass is 35.5. The SMILES string of the molecule is C[C@@H](NC(=O)c1nn(-c2ccc(Cl)cc2Cl)c2c1CCCC2=Cc1ccc(F)cc1)C1CCCCC1. The Hall–Kier alpha value is -2.63. The van der Waals surface area contributed by atoms with E-state index in [0.29, 0.717) is 27.3 Å². The first-order chi connectivity index (χ1) is 17.4. The molecule has 0 saturated heterocycles. The second kappa shape index (κ2) is 10.8. The van der Waals surface area contributed by atoms with Gasteiger partial charge in [0.15, 0.2) is 5.69 Å². The van der Waals surface area contributed by atoms with Crippen LogP contribution in [0.3, 0.4) is 0 Å². The van der Waals surface area contributed by atoms with Crippen molar-refractivity contribution in [1.82, 2.24) is 15.1 Å². The van der Waals surface area contributed by atoms with Crippen molar-refractivity contribution >= 4 is 40.8 Å². The largest absolute Gasteiger partial charge is 0.348 e. The summed E-state index contributed by atoms with van der Waals surface area (Å²) in [4.78, 5) is 13.6. The van der Waals surface area contributed by atoms with Crippen LogP contribution in [0, 0.1) is 11.7 Å². The molecule has 188 valence electrons. The quantitative estimate of drug-likeness (QED) is 0.368. The summed E-state index contributed by atoms with van der Waals surface area (Å²) in [5.74, 6) is 0.0851. The molecule has 7 heteroatoms. The lowest BCUT2D eigenvalue weighted by Crippen LogP contribution is -2.39. The normalized spacial score (nSPS) is 18.2. The number of carbonyl (C=O) groups is 1. The number of amides is 1. The summed E-state index contributed by atoms with van der Waals surface area (Å²) in [6.45, 7) is 2.10. The van der Waals surface area contributed by atoms with E-state index in [1.807, 2.05) is 12.1 Å². The van der Waals surface area contributed by atoms with Gasteiger partial charge in [-0.25, -0.2) is 9.07 Å². The van der Waals surface area contributed by atoms with E-state index in [2.05, 4.69) is 12.2 Å². The van der Waals surface area contributed by atoms with Crippen molar-refractivity contribution in [2.24, 2.45) is 5.92 Å². The molecule has 0 aliphatic heterocycles. The lowest BCUT2D eigenvalue weighted by molar-refractivity contribution is 0.0912. The number of allylic oxidation sites excluding steroid dienone is 1. The van der Waals surface area contributed by atoms with Gasteiger partial charge in [-0.3, -0.25) is 4.79 Å². The maximum atomic E-state index is 13.6. The molecule has 4 nitrogen and oxygen atoms in total. The van der Waals surface area contributed by atoms with Gasteiger partial charge in [-0.15, -0.1) is 0 Å². The molecule has 36 heavy (non-hydrogen) atoms. The Balaban J connectivity index is 1.57. The van der Waals surface area contributed by atoms with E-state index in [4.69, 9.17) is 28.3 Å². The number of hydrogen-bond donors (Lipinski definition) is 1. The molecule has 1 fully saturated rings. The zero-order valence-electron chi connectivity index (χ0n) is 20.4. The van der Waals surface area contributed by atoms with Crippen molar-refractivity contribution in [2.45, 2.75) is 64.3 Å². The number of nitrogens with zero attached hydrogens (tertiary/aromatic N) is 2. The molecule has 5 rings (SSSR count). The molecule has 1 amide bonds. The topological polar surface area (TPSA) is 46.9 Å². The van der Waals surface area contributed by atoms with E-state index >= 15 is 0 Å². The summed E-state index contributed by atoms with van der Waals surface area (Å²) in [6.07, 6.45) is 10.5. The smallest absolute Gasteiger partial charge is 0.272 e. The zero-order valence-corrected chi connectivity index (χ0v) is 21.9. The maximum absolute atomic E-state index is 13.6. The van der Waals surface area contributed by atoms with Crippen molar-refractivity contribution in [3.63, 3.8) is 0 Å². The van der Waals surface area contributed by atoms with Crippen LogP contribution in [0.15, 0.2) is 42.5 Å². The number of fused-ring (bicyclic) bond motifs is 1. The second-order valence-corrected chi connectivity index (χ2v) is 10.8. The van der Waals surface area contributed by atoms with Gasteiger partial charge in [0.05, 0.1) is 16.4 Å². The van der Waals surface area contributed by atoms with Crippen molar-refractivity contribution in [2.75, 3.05) is 0 Å². The highest BCUT2D eigenvalue weighted by molar-refractivity contribution is 6.35. The Morgan fingerprint density at radius 1 is 1.08 bits per heavy atom. The van der Waals surface area contributed by atoms with Crippen LogP contribution in [0.5, 0.6) is 0 Å². The number of benzene rings is 2. The molecule has 0 unspecified atom stereocenters. The van der Waals surface area contributed by atoms with Gasteiger partial charge in [-0.1, -0.05) is 54.6 Å². The van der Waals surface area contributed by atoms with Crippen molar-refractivity contribution in [3.05, 3.63) is 80.8 Å². The molecule has 2 aliphatic rings. The first-order valence-corrected chi connectivity index (χ1v) is 13.5. The molecule has 2 aromatic carbocycles. The van der Waals surface area contributed by atoms with Gasteiger partial charge in [-0.2, -0.15) is 5.10 Å². The third kappa shape index (κ3) is 5.23. The lowest BCUT2D eigenvalue weighted by atomic mass is 9.84. The number of carbonyl (C=O) groups excluding carboxylic acids is 1. The summed E-state index contributed by atoms with van der Waals surface area (Å²) < 4.78 is 15.3. The predicted octanol–water partition coefficient (Wildman–Crippen LogP) is 7.89. The molecule has 0 radical (unpaired) electrons. The minimum absolute atomic E-state index is 0.0931. The molecule has 2 aliphatic carbocycles. The fraction of sp³-hybridized carbons (Fsp3) is 0.379. The Bertz CT molecular complexity index is 1290. The Kier molecular flexibility index (Phi) is 7.49. The first-order valence-electron chi connectivity index (χ1n) is 12.8. The Morgan fingerprint density at radius 3 is 2.56 bits per heavy atom. The summed E-state index contributed by atoms with van der Waals surface area (Å²) >= 11 is 12.8. The van der Waals surface area contributed by atoms with Gasteiger partial charge in [0.2, 0.25) is 0 Å². The van der Waals surface area contributed by atoms with Crippen molar-refractivity contribution in [3.8, 4) is 5.69 Å². The summed E-state index contributed by atoms with van der Waals surface area (Å²) in [6, 6.07) is 11.8. The van der Waals surface area contributed by atoms with Gasteiger partial charge in [-0.05, 0) is 92.5 Å².